The molecular formula is C27H29NO3Si. The van der Waals surface area contributed by atoms with Crippen LogP contribution in [0.15, 0.2) is 96.0 Å². The second-order valence-corrected chi connectivity index (χ2v) is 13.4. The number of aliphatic imine (C=N–C) groups is 1. The van der Waals surface area contributed by atoms with Crippen LogP contribution in [0, 0.1) is 0 Å². The van der Waals surface area contributed by atoms with Crippen LogP contribution in [0.3, 0.4) is 0 Å². The SMILES string of the molecule is CC(C)(C)[Si](OC[C@@H]1N=C(c2ccccc2)O[C@@H]1C=O)(c1ccccc1)c1ccccc1. The summed E-state index contributed by atoms with van der Waals surface area (Å²) in [6, 6.07) is 30.2. The molecule has 0 unspecified atom stereocenters. The van der Waals surface area contributed by atoms with Gasteiger partial charge in [-0.05, 0) is 27.5 Å². The molecule has 1 heterocycles. The van der Waals surface area contributed by atoms with Crippen LogP contribution in [0.5, 0.6) is 0 Å². The molecule has 32 heavy (non-hydrogen) atoms. The van der Waals surface area contributed by atoms with Gasteiger partial charge in [0.25, 0.3) is 8.32 Å². The van der Waals surface area contributed by atoms with E-state index in [0.717, 1.165) is 11.8 Å². The van der Waals surface area contributed by atoms with E-state index in [1.165, 1.54) is 10.4 Å². The van der Waals surface area contributed by atoms with E-state index < -0.39 is 14.4 Å². The minimum Gasteiger partial charge on any atom is -0.464 e. The maximum atomic E-state index is 11.8. The van der Waals surface area contributed by atoms with E-state index >= 15 is 0 Å². The van der Waals surface area contributed by atoms with Crippen molar-refractivity contribution in [3.63, 3.8) is 0 Å². The second kappa shape index (κ2) is 9.23. The van der Waals surface area contributed by atoms with Crippen molar-refractivity contribution in [1.82, 2.24) is 0 Å². The van der Waals surface area contributed by atoms with Crippen LogP contribution in [-0.4, -0.2) is 39.3 Å². The molecule has 2 atom stereocenters. The van der Waals surface area contributed by atoms with E-state index in [-0.39, 0.29) is 11.1 Å². The number of hydrogen-bond donors (Lipinski definition) is 0. The summed E-state index contributed by atoms with van der Waals surface area (Å²) >= 11 is 0. The fourth-order valence-corrected chi connectivity index (χ4v) is 8.98. The van der Waals surface area contributed by atoms with E-state index in [0.29, 0.717) is 12.5 Å². The van der Waals surface area contributed by atoms with Gasteiger partial charge in [0, 0.05) is 5.56 Å². The van der Waals surface area contributed by atoms with Crippen molar-refractivity contribution in [2.45, 2.75) is 38.0 Å². The molecule has 1 aliphatic rings. The topological polar surface area (TPSA) is 47.9 Å². The summed E-state index contributed by atoms with van der Waals surface area (Å²) in [4.78, 5) is 16.6. The Labute approximate surface area is 191 Å². The van der Waals surface area contributed by atoms with Gasteiger partial charge in [-0.2, -0.15) is 0 Å². The molecule has 1 aliphatic heterocycles. The predicted molar refractivity (Wildman–Crippen MR) is 131 cm³/mol. The summed E-state index contributed by atoms with van der Waals surface area (Å²) < 4.78 is 12.8. The molecular weight excluding hydrogens is 414 g/mol. The van der Waals surface area contributed by atoms with Gasteiger partial charge in [0.05, 0.1) is 6.61 Å². The van der Waals surface area contributed by atoms with Crippen molar-refractivity contribution in [3.05, 3.63) is 96.6 Å². The van der Waals surface area contributed by atoms with Gasteiger partial charge in [-0.1, -0.05) is 99.6 Å². The van der Waals surface area contributed by atoms with Crippen molar-refractivity contribution in [2.24, 2.45) is 4.99 Å². The molecule has 0 aromatic heterocycles. The average molecular weight is 444 g/mol. The van der Waals surface area contributed by atoms with Gasteiger partial charge in [0.2, 0.25) is 5.90 Å². The molecule has 0 saturated heterocycles. The van der Waals surface area contributed by atoms with Crippen LogP contribution in [0.2, 0.25) is 5.04 Å². The van der Waals surface area contributed by atoms with Crippen molar-refractivity contribution < 1.29 is 14.0 Å². The summed E-state index contributed by atoms with van der Waals surface area (Å²) in [6.07, 6.45) is 0.183. The predicted octanol–water partition coefficient (Wildman–Crippen LogP) is 3.98. The monoisotopic (exact) mass is 443 g/mol. The standard InChI is InChI=1S/C27H29NO3Si/c1-27(2,3)32(22-15-9-5-10-16-22,23-17-11-6-12-18-23)30-20-24-25(19-29)31-26(28-24)21-13-7-4-8-14-21/h4-19,24-25H,20H2,1-3H3/t24-,25+/m0/s1. The molecule has 3 aromatic carbocycles. The number of ether oxygens (including phenoxy) is 1. The highest BCUT2D eigenvalue weighted by Gasteiger charge is 2.51. The van der Waals surface area contributed by atoms with Gasteiger partial charge < -0.3 is 9.16 Å². The smallest absolute Gasteiger partial charge is 0.261 e. The maximum Gasteiger partial charge on any atom is 0.261 e. The zero-order chi connectivity index (χ0) is 22.6. The molecule has 0 aliphatic carbocycles. The van der Waals surface area contributed by atoms with Gasteiger partial charge in [-0.3, -0.25) is 4.79 Å². The zero-order valence-corrected chi connectivity index (χ0v) is 19.8. The van der Waals surface area contributed by atoms with Gasteiger partial charge in [0.15, 0.2) is 12.4 Å². The minimum atomic E-state index is -2.70. The molecule has 4 nitrogen and oxygen atoms in total. The Morgan fingerprint density at radius 1 is 0.875 bits per heavy atom. The van der Waals surface area contributed by atoms with E-state index in [4.69, 9.17) is 14.2 Å². The first-order chi connectivity index (χ1) is 15.5. The first-order valence-electron chi connectivity index (χ1n) is 11.0. The lowest BCUT2D eigenvalue weighted by molar-refractivity contribution is -0.114. The number of rotatable bonds is 7. The third-order valence-electron chi connectivity index (χ3n) is 5.95. The lowest BCUT2D eigenvalue weighted by atomic mass is 10.2. The molecule has 0 saturated carbocycles. The van der Waals surface area contributed by atoms with Crippen LogP contribution in [0.1, 0.15) is 26.3 Å². The second-order valence-electron chi connectivity index (χ2n) is 9.06. The lowest BCUT2D eigenvalue weighted by Gasteiger charge is -2.43. The van der Waals surface area contributed by atoms with Crippen LogP contribution >= 0.6 is 0 Å². The van der Waals surface area contributed by atoms with Crippen molar-refractivity contribution in [2.75, 3.05) is 6.61 Å². The molecule has 0 bridgehead atoms. The number of carbonyl (C=O) groups excluding carboxylic acids is 1. The van der Waals surface area contributed by atoms with E-state index in [1.54, 1.807) is 0 Å². The highest BCUT2D eigenvalue weighted by Crippen LogP contribution is 2.37. The number of carbonyl (C=O) groups is 1. The fraction of sp³-hybridized carbons (Fsp3) is 0.259. The van der Waals surface area contributed by atoms with E-state index in [1.807, 2.05) is 42.5 Å². The molecule has 0 amide bonds. The number of aldehydes is 1. The normalized spacial score (nSPS) is 18.7. The van der Waals surface area contributed by atoms with E-state index in [9.17, 15) is 4.79 Å². The molecule has 5 heteroatoms. The van der Waals surface area contributed by atoms with Crippen molar-refractivity contribution in [1.29, 1.82) is 0 Å². The Hall–Kier alpha value is -3.02. The first-order valence-corrected chi connectivity index (χ1v) is 12.9. The van der Waals surface area contributed by atoms with Crippen molar-refractivity contribution in [3.8, 4) is 0 Å². The summed E-state index contributed by atoms with van der Waals surface area (Å²) in [5, 5.41) is 2.26. The summed E-state index contributed by atoms with van der Waals surface area (Å²) in [5.74, 6) is 0.499. The molecule has 0 N–H and O–H groups in total. The molecule has 4 rings (SSSR count). The average Bonchev–Trinajstić information content (AvgIpc) is 3.24. The van der Waals surface area contributed by atoms with Gasteiger partial charge >= 0.3 is 0 Å². The largest absolute Gasteiger partial charge is 0.464 e. The summed E-state index contributed by atoms with van der Waals surface area (Å²) in [5.41, 5.74) is 0.868. The number of nitrogens with zero attached hydrogens (tertiary/aromatic N) is 1. The Kier molecular flexibility index (Phi) is 6.40. The van der Waals surface area contributed by atoms with Crippen LogP contribution in [-0.2, 0) is 14.0 Å². The molecule has 164 valence electrons. The Bertz CT molecular complexity index is 1020. The quantitative estimate of drug-likeness (QED) is 0.410. The van der Waals surface area contributed by atoms with Crippen LogP contribution < -0.4 is 10.4 Å². The number of benzene rings is 3. The van der Waals surface area contributed by atoms with Crippen LogP contribution in [0.25, 0.3) is 0 Å². The summed E-state index contributed by atoms with van der Waals surface area (Å²) in [7, 11) is -2.70. The zero-order valence-electron chi connectivity index (χ0n) is 18.8. The fourth-order valence-electron chi connectivity index (χ4n) is 4.41. The van der Waals surface area contributed by atoms with Crippen LogP contribution in [0.4, 0.5) is 0 Å². The Balaban J connectivity index is 1.72. The van der Waals surface area contributed by atoms with Crippen molar-refractivity contribution >= 4 is 30.9 Å². The highest BCUT2D eigenvalue weighted by atomic mass is 28.4. The molecule has 0 fully saturated rings. The number of hydrogen-bond acceptors (Lipinski definition) is 4. The lowest BCUT2D eigenvalue weighted by Crippen LogP contribution is -2.67. The van der Waals surface area contributed by atoms with Gasteiger partial charge in [0.1, 0.15) is 6.04 Å². The maximum absolute atomic E-state index is 11.8. The Morgan fingerprint density at radius 2 is 1.38 bits per heavy atom. The highest BCUT2D eigenvalue weighted by molar-refractivity contribution is 6.99. The molecule has 3 aromatic rings. The van der Waals surface area contributed by atoms with Gasteiger partial charge in [-0.25, -0.2) is 4.99 Å². The van der Waals surface area contributed by atoms with E-state index in [2.05, 4.69) is 69.3 Å². The van der Waals surface area contributed by atoms with Gasteiger partial charge in [-0.15, -0.1) is 0 Å². The minimum absolute atomic E-state index is 0.141. The Morgan fingerprint density at radius 3 is 1.84 bits per heavy atom. The molecule has 0 radical (unpaired) electrons. The first kappa shape index (κ1) is 22.2. The summed E-state index contributed by atoms with van der Waals surface area (Å²) in [6.45, 7) is 7.02. The third kappa shape index (κ3) is 4.18. The molecule has 0 spiro atoms. The third-order valence-corrected chi connectivity index (χ3v) is 11.0.